The molecule has 416 valence electrons. The maximum Gasteiger partial charge on any atom is 0.306 e. The van der Waals surface area contributed by atoms with Gasteiger partial charge in [0.2, 0.25) is 0 Å². The molecule has 0 radical (unpaired) electrons. The third-order valence-corrected chi connectivity index (χ3v) is 13.4. The molecule has 0 aromatic carbocycles. The Morgan fingerprint density at radius 3 is 1.18 bits per heavy atom. The van der Waals surface area contributed by atoms with Crippen LogP contribution in [0.1, 0.15) is 245 Å². The van der Waals surface area contributed by atoms with Gasteiger partial charge in [-0.15, -0.1) is 0 Å². The molecular weight excluding hydrogens is 918 g/mol. The van der Waals surface area contributed by atoms with Crippen LogP contribution in [0.4, 0.5) is 0 Å². The quantitative estimate of drug-likeness (QED) is 0.0195. The van der Waals surface area contributed by atoms with Crippen molar-refractivity contribution < 1.29 is 42.1 Å². The van der Waals surface area contributed by atoms with E-state index in [-0.39, 0.29) is 26.1 Å². The Morgan fingerprint density at radius 2 is 0.792 bits per heavy atom. The van der Waals surface area contributed by atoms with Crippen molar-refractivity contribution >= 4 is 19.8 Å². The van der Waals surface area contributed by atoms with E-state index in [0.29, 0.717) is 17.4 Å². The highest BCUT2D eigenvalue weighted by atomic mass is 31.2. The first-order chi connectivity index (χ1) is 35.0. The predicted octanol–water partition coefficient (Wildman–Crippen LogP) is 17.6. The summed E-state index contributed by atoms with van der Waals surface area (Å²) in [6.45, 7) is 4.10. The number of carbonyl (C=O) groups is 2. The summed E-state index contributed by atoms with van der Waals surface area (Å²) in [6, 6.07) is 0. The zero-order chi connectivity index (χ0) is 52.7. The number of hydrogen-bond acceptors (Lipinski definition) is 8. The zero-order valence-corrected chi connectivity index (χ0v) is 48.0. The number of esters is 2. The minimum absolute atomic E-state index is 0.0407. The number of hydrogen-bond donors (Lipinski definition) is 0. The summed E-state index contributed by atoms with van der Waals surface area (Å²) in [4.78, 5) is 37.9. The summed E-state index contributed by atoms with van der Waals surface area (Å²) in [5, 5.41) is 0. The average Bonchev–Trinajstić information content (AvgIpc) is 3.34. The Hall–Kier alpha value is -2.81. The van der Waals surface area contributed by atoms with Gasteiger partial charge in [0.15, 0.2) is 6.10 Å². The highest BCUT2D eigenvalue weighted by Gasteiger charge is 2.21. The van der Waals surface area contributed by atoms with Gasteiger partial charge in [-0.2, -0.15) is 0 Å². The molecule has 9 nitrogen and oxygen atoms in total. The van der Waals surface area contributed by atoms with Crippen molar-refractivity contribution in [2.24, 2.45) is 0 Å². The van der Waals surface area contributed by atoms with Crippen LogP contribution in [0.15, 0.2) is 85.1 Å². The van der Waals surface area contributed by atoms with Gasteiger partial charge in [-0.1, -0.05) is 247 Å². The highest BCUT2D eigenvalue weighted by molar-refractivity contribution is 7.45. The van der Waals surface area contributed by atoms with Crippen molar-refractivity contribution in [3.63, 3.8) is 0 Å². The van der Waals surface area contributed by atoms with Crippen molar-refractivity contribution in [3.8, 4) is 0 Å². The topological polar surface area (TPSA) is 111 Å². The second-order valence-corrected chi connectivity index (χ2v) is 22.0. The van der Waals surface area contributed by atoms with E-state index in [1.54, 1.807) is 0 Å². The van der Waals surface area contributed by atoms with Crippen LogP contribution < -0.4 is 4.89 Å². The minimum Gasteiger partial charge on any atom is -0.756 e. The van der Waals surface area contributed by atoms with E-state index in [9.17, 15) is 19.0 Å². The summed E-state index contributed by atoms with van der Waals surface area (Å²) in [5.74, 6) is -0.868. The molecule has 0 fully saturated rings. The van der Waals surface area contributed by atoms with Crippen LogP contribution in [0.3, 0.4) is 0 Å². The van der Waals surface area contributed by atoms with Crippen molar-refractivity contribution in [2.45, 2.75) is 251 Å². The first-order valence-corrected chi connectivity index (χ1v) is 30.8. The first kappa shape index (κ1) is 69.2. The number of ether oxygens (including phenoxy) is 2. The molecule has 2 unspecified atom stereocenters. The van der Waals surface area contributed by atoms with Crippen LogP contribution >= 0.6 is 7.82 Å². The normalized spacial score (nSPS) is 13.9. The molecule has 0 amide bonds. The van der Waals surface area contributed by atoms with Gasteiger partial charge in [0.05, 0.1) is 27.7 Å². The number of likely N-dealkylation sites (N-methyl/N-ethyl adjacent to an activating group) is 1. The number of allylic oxidation sites excluding steroid dienone is 14. The molecule has 0 heterocycles. The number of rotatable bonds is 53. The fourth-order valence-electron chi connectivity index (χ4n) is 7.93. The highest BCUT2D eigenvalue weighted by Crippen LogP contribution is 2.38. The molecule has 10 heteroatoms. The van der Waals surface area contributed by atoms with Crippen LogP contribution in [0.2, 0.25) is 0 Å². The Balaban J connectivity index is 4.24. The van der Waals surface area contributed by atoms with Gasteiger partial charge in [-0.25, -0.2) is 0 Å². The lowest BCUT2D eigenvalue weighted by Crippen LogP contribution is -2.37. The van der Waals surface area contributed by atoms with Crippen LogP contribution in [-0.2, 0) is 32.7 Å². The standard InChI is InChI=1S/C62H110NO8P/c1-6-8-10-12-14-16-18-20-22-24-26-28-30-31-33-35-37-39-41-43-45-47-49-51-53-55-62(65)71-60(59-70-72(66,67)69-57-56-63(3,4)5)58-68-61(64)54-52-50-48-46-44-42-40-38-36-34-32-29-27-25-23-21-19-17-15-13-11-9-7-2/h8,10,14,16,20,22,26,28,31,33,37,39,43,45,60H,6-7,9,11-13,15,17-19,21,23-25,27,29-30,32,34-36,38,40-42,44,46-59H2,1-5H3/b10-8-,16-14-,22-20-,28-26-,33-31-,39-37-,45-43-. The van der Waals surface area contributed by atoms with E-state index in [2.05, 4.69) is 98.9 Å². The van der Waals surface area contributed by atoms with Crippen molar-refractivity contribution in [1.29, 1.82) is 0 Å². The van der Waals surface area contributed by atoms with E-state index >= 15 is 0 Å². The third kappa shape index (κ3) is 56.5. The summed E-state index contributed by atoms with van der Waals surface area (Å²) >= 11 is 0. The van der Waals surface area contributed by atoms with Gasteiger partial charge in [0, 0.05) is 12.8 Å². The molecule has 0 aliphatic rings. The summed E-state index contributed by atoms with van der Waals surface area (Å²) in [7, 11) is 1.14. The lowest BCUT2D eigenvalue weighted by molar-refractivity contribution is -0.870. The number of phosphoric ester groups is 1. The van der Waals surface area contributed by atoms with Crippen LogP contribution in [0.5, 0.6) is 0 Å². The Labute approximate surface area is 443 Å². The molecule has 0 spiro atoms. The fourth-order valence-corrected chi connectivity index (χ4v) is 8.66. The molecule has 72 heavy (non-hydrogen) atoms. The van der Waals surface area contributed by atoms with Crippen LogP contribution in [0.25, 0.3) is 0 Å². The van der Waals surface area contributed by atoms with Gasteiger partial charge < -0.3 is 27.9 Å². The molecule has 0 saturated heterocycles. The Kier molecular flexibility index (Phi) is 51.0. The maximum absolute atomic E-state index is 12.8. The molecule has 0 bridgehead atoms. The molecule has 0 saturated carbocycles. The van der Waals surface area contributed by atoms with Crippen LogP contribution in [-0.4, -0.2) is 70.0 Å². The SMILES string of the molecule is CC/C=C\C/C=C\C/C=C\C/C=C\C/C=C\C/C=C\C/C=C\CCCCCC(=O)OC(COC(=O)CCCCCCCCCCCCCCCCCCCCCCCCC)COP(=O)([O-])OCC[N+](C)(C)C. The van der Waals surface area contributed by atoms with E-state index < -0.39 is 32.5 Å². The number of unbranched alkanes of at least 4 members (excludes halogenated alkanes) is 25. The molecule has 0 aliphatic heterocycles. The van der Waals surface area contributed by atoms with E-state index in [0.717, 1.165) is 83.5 Å². The summed E-state index contributed by atoms with van der Waals surface area (Å²) in [5.41, 5.74) is 0. The largest absolute Gasteiger partial charge is 0.756 e. The van der Waals surface area contributed by atoms with E-state index in [4.69, 9.17) is 18.5 Å². The lowest BCUT2D eigenvalue weighted by atomic mass is 10.0. The van der Waals surface area contributed by atoms with Crippen molar-refractivity contribution in [3.05, 3.63) is 85.1 Å². The van der Waals surface area contributed by atoms with Gasteiger partial charge in [-0.05, 0) is 70.6 Å². The monoisotopic (exact) mass is 1030 g/mol. The molecule has 2 atom stereocenters. The molecule has 0 rings (SSSR count). The zero-order valence-electron chi connectivity index (χ0n) is 47.1. The van der Waals surface area contributed by atoms with Crippen LogP contribution in [0, 0.1) is 0 Å². The average molecular weight is 1030 g/mol. The lowest BCUT2D eigenvalue weighted by Gasteiger charge is -2.28. The summed E-state index contributed by atoms with van der Waals surface area (Å²) < 4.78 is 34.1. The number of quaternary nitrogens is 1. The molecular formula is C62H110NO8P. The first-order valence-electron chi connectivity index (χ1n) is 29.3. The Morgan fingerprint density at radius 1 is 0.444 bits per heavy atom. The molecule has 0 aromatic heterocycles. The molecule has 0 N–H and O–H groups in total. The van der Waals surface area contributed by atoms with Gasteiger partial charge in [-0.3, -0.25) is 14.2 Å². The van der Waals surface area contributed by atoms with E-state index in [1.807, 2.05) is 21.1 Å². The van der Waals surface area contributed by atoms with Gasteiger partial charge in [0.25, 0.3) is 7.82 Å². The summed E-state index contributed by atoms with van der Waals surface area (Å²) in [6.07, 6.45) is 70.6. The fraction of sp³-hybridized carbons (Fsp3) is 0.742. The maximum atomic E-state index is 12.8. The number of nitrogens with zero attached hydrogens (tertiary/aromatic N) is 1. The van der Waals surface area contributed by atoms with Gasteiger partial charge in [0.1, 0.15) is 19.8 Å². The minimum atomic E-state index is -4.65. The Bertz CT molecular complexity index is 1490. The third-order valence-electron chi connectivity index (χ3n) is 12.4. The van der Waals surface area contributed by atoms with E-state index in [1.165, 1.54) is 128 Å². The van der Waals surface area contributed by atoms with Gasteiger partial charge >= 0.3 is 11.9 Å². The molecule has 0 aromatic rings. The predicted molar refractivity (Wildman–Crippen MR) is 305 cm³/mol. The molecule has 0 aliphatic carbocycles. The smallest absolute Gasteiger partial charge is 0.306 e. The second-order valence-electron chi connectivity index (χ2n) is 20.6. The number of carbonyl (C=O) groups excluding carboxylic acids is 2. The second kappa shape index (κ2) is 53.0. The van der Waals surface area contributed by atoms with Crippen molar-refractivity contribution in [1.82, 2.24) is 0 Å². The van der Waals surface area contributed by atoms with Crippen molar-refractivity contribution in [2.75, 3.05) is 47.5 Å². The number of phosphoric acid groups is 1.